The van der Waals surface area contributed by atoms with E-state index in [0.717, 1.165) is 6.54 Å². The number of nitrogens with zero attached hydrogens (tertiary/aromatic N) is 1. The van der Waals surface area contributed by atoms with Gasteiger partial charge in [-0.3, -0.25) is 0 Å². The molecule has 3 heteroatoms. The van der Waals surface area contributed by atoms with E-state index in [4.69, 9.17) is 4.53 Å². The van der Waals surface area contributed by atoms with Crippen LogP contribution < -0.4 is 0 Å². The van der Waals surface area contributed by atoms with E-state index in [9.17, 15) is 0 Å². The van der Waals surface area contributed by atoms with Crippen molar-refractivity contribution in [1.29, 1.82) is 0 Å². The molecule has 13 heavy (non-hydrogen) atoms. The highest BCUT2D eigenvalue weighted by atomic mass is 28.3. The van der Waals surface area contributed by atoms with Crippen molar-refractivity contribution in [2.75, 3.05) is 6.54 Å². The molecule has 0 amide bonds. The summed E-state index contributed by atoms with van der Waals surface area (Å²) >= 11 is 0. The number of hydrogen-bond donors (Lipinski definition) is 0. The minimum atomic E-state index is -0.620. The molecule has 0 N–H and O–H groups in total. The average Bonchev–Trinajstić information content (AvgIpc) is 1.95. The number of rotatable bonds is 5. The van der Waals surface area contributed by atoms with Crippen LogP contribution in [0.5, 0.6) is 0 Å². The van der Waals surface area contributed by atoms with E-state index in [0.29, 0.717) is 0 Å². The van der Waals surface area contributed by atoms with E-state index in [-0.39, 0.29) is 5.54 Å². The molecule has 0 aromatic carbocycles. The molecule has 0 fully saturated rings. The van der Waals surface area contributed by atoms with Crippen molar-refractivity contribution in [3.8, 4) is 0 Å². The maximum absolute atomic E-state index is 5.85. The van der Waals surface area contributed by atoms with Crippen LogP contribution >= 0.6 is 0 Å². The van der Waals surface area contributed by atoms with Crippen molar-refractivity contribution in [3.63, 3.8) is 0 Å². The maximum atomic E-state index is 5.85. The lowest BCUT2D eigenvalue weighted by molar-refractivity contribution is -0.130. The van der Waals surface area contributed by atoms with Crippen molar-refractivity contribution in [3.05, 3.63) is 0 Å². The maximum Gasteiger partial charge on any atom is 0.235 e. The topological polar surface area (TPSA) is 12.5 Å². The lowest BCUT2D eigenvalue weighted by atomic mass is 10.1. The van der Waals surface area contributed by atoms with Gasteiger partial charge in [0.2, 0.25) is 9.04 Å². The molecule has 0 aromatic rings. The summed E-state index contributed by atoms with van der Waals surface area (Å²) in [6.07, 6.45) is 2.44. The van der Waals surface area contributed by atoms with Gasteiger partial charge < -0.3 is 4.53 Å². The highest BCUT2D eigenvalue weighted by Gasteiger charge is 2.22. The second-order valence-electron chi connectivity index (χ2n) is 4.63. The Labute approximate surface area is 85.0 Å². The Morgan fingerprint density at radius 2 is 1.77 bits per heavy atom. The largest absolute Gasteiger partial charge is 0.343 e. The fraction of sp³-hybridized carbons (Fsp3) is 1.00. The van der Waals surface area contributed by atoms with Gasteiger partial charge in [0.1, 0.15) is 0 Å². The normalized spacial score (nSPS) is 12.9. The number of unbranched alkanes of at least 4 members (excludes halogenated alkanes) is 1. The van der Waals surface area contributed by atoms with Gasteiger partial charge in [-0.15, -0.1) is 0 Å². The molecule has 0 saturated heterocycles. The van der Waals surface area contributed by atoms with Crippen LogP contribution in [0.25, 0.3) is 0 Å². The Balaban J connectivity index is 4.03. The van der Waals surface area contributed by atoms with E-state index in [1.807, 2.05) is 0 Å². The second kappa shape index (κ2) is 5.78. The summed E-state index contributed by atoms with van der Waals surface area (Å²) in [5.41, 5.74) is 0.136. The van der Waals surface area contributed by atoms with Crippen molar-refractivity contribution < 1.29 is 4.53 Å². The molecule has 0 spiro atoms. The van der Waals surface area contributed by atoms with Gasteiger partial charge in [-0.1, -0.05) is 13.3 Å². The van der Waals surface area contributed by atoms with Crippen LogP contribution in [0.3, 0.4) is 0 Å². The third-order valence-corrected chi connectivity index (χ3v) is 2.34. The Morgan fingerprint density at radius 1 is 1.23 bits per heavy atom. The van der Waals surface area contributed by atoms with E-state index < -0.39 is 9.04 Å². The fourth-order valence-corrected chi connectivity index (χ4v) is 1.85. The summed E-state index contributed by atoms with van der Waals surface area (Å²) in [7, 11) is -0.620. The molecular formula is C10H24NOSi. The van der Waals surface area contributed by atoms with Crippen LogP contribution in [0.4, 0.5) is 0 Å². The van der Waals surface area contributed by atoms with Crippen molar-refractivity contribution >= 4 is 9.04 Å². The lowest BCUT2D eigenvalue weighted by Crippen LogP contribution is -2.44. The molecule has 0 saturated carbocycles. The summed E-state index contributed by atoms with van der Waals surface area (Å²) in [6.45, 7) is 14.2. The summed E-state index contributed by atoms with van der Waals surface area (Å²) in [4.78, 5) is 0. The van der Waals surface area contributed by atoms with Crippen molar-refractivity contribution in [2.24, 2.45) is 0 Å². The molecule has 1 radical (unpaired) electrons. The first-order valence-corrected chi connectivity index (χ1v) is 7.54. The molecule has 0 rings (SSSR count). The van der Waals surface area contributed by atoms with Crippen LogP contribution in [-0.4, -0.2) is 26.2 Å². The Kier molecular flexibility index (Phi) is 5.84. The monoisotopic (exact) mass is 202 g/mol. The Morgan fingerprint density at radius 3 is 2.08 bits per heavy atom. The minimum Gasteiger partial charge on any atom is -0.343 e. The van der Waals surface area contributed by atoms with Gasteiger partial charge in [-0.25, -0.2) is 0 Å². The number of hydrogen-bond acceptors (Lipinski definition) is 2. The Hall–Kier alpha value is 0.137. The van der Waals surface area contributed by atoms with E-state index in [1.165, 1.54) is 12.8 Å². The van der Waals surface area contributed by atoms with Gasteiger partial charge in [-0.05, 0) is 40.3 Å². The third-order valence-electron chi connectivity index (χ3n) is 1.76. The standard InChI is InChI=1S/C10H24NOSi/c1-7-8-9-11(10(2,3)4)12-13(5)6/h7-9H2,1-6H3. The summed E-state index contributed by atoms with van der Waals surface area (Å²) in [5.74, 6) is 0. The zero-order valence-electron chi connectivity index (χ0n) is 9.98. The predicted octanol–water partition coefficient (Wildman–Crippen LogP) is 3.07. The molecular weight excluding hydrogens is 178 g/mol. The zero-order valence-corrected chi connectivity index (χ0v) is 11.0. The molecule has 0 atom stereocenters. The van der Waals surface area contributed by atoms with Crippen LogP contribution in [0.2, 0.25) is 13.1 Å². The van der Waals surface area contributed by atoms with Gasteiger partial charge in [0, 0.05) is 12.1 Å². The van der Waals surface area contributed by atoms with Gasteiger partial charge in [0.05, 0.1) is 0 Å². The van der Waals surface area contributed by atoms with Crippen LogP contribution in [0.15, 0.2) is 0 Å². The van der Waals surface area contributed by atoms with E-state index in [2.05, 4.69) is 45.9 Å². The first-order chi connectivity index (χ1) is 5.88. The zero-order chi connectivity index (χ0) is 10.5. The smallest absolute Gasteiger partial charge is 0.235 e. The first kappa shape index (κ1) is 13.1. The number of hydroxylamine groups is 2. The van der Waals surface area contributed by atoms with Gasteiger partial charge in [0.15, 0.2) is 0 Å². The summed E-state index contributed by atoms with van der Waals surface area (Å²) in [5, 5.41) is 2.14. The van der Waals surface area contributed by atoms with Crippen molar-refractivity contribution in [1.82, 2.24) is 5.06 Å². The van der Waals surface area contributed by atoms with E-state index >= 15 is 0 Å². The van der Waals surface area contributed by atoms with Gasteiger partial charge in [-0.2, -0.15) is 5.06 Å². The molecule has 0 aliphatic rings. The summed E-state index contributed by atoms with van der Waals surface area (Å²) in [6, 6.07) is 0. The molecule has 79 valence electrons. The molecule has 0 aliphatic carbocycles. The van der Waals surface area contributed by atoms with Gasteiger partial charge >= 0.3 is 0 Å². The predicted molar refractivity (Wildman–Crippen MR) is 59.9 cm³/mol. The Bertz CT molecular complexity index is 131. The highest BCUT2D eigenvalue weighted by Crippen LogP contribution is 2.15. The van der Waals surface area contributed by atoms with Crippen molar-refractivity contribution in [2.45, 2.75) is 59.2 Å². The quantitative estimate of drug-likeness (QED) is 0.502. The van der Waals surface area contributed by atoms with Crippen LogP contribution in [0.1, 0.15) is 40.5 Å². The average molecular weight is 202 g/mol. The molecule has 0 bridgehead atoms. The first-order valence-electron chi connectivity index (χ1n) is 5.13. The third kappa shape index (κ3) is 6.24. The lowest BCUT2D eigenvalue weighted by Gasteiger charge is -2.36. The van der Waals surface area contributed by atoms with Crippen LogP contribution in [0, 0.1) is 0 Å². The fourth-order valence-electron chi connectivity index (χ4n) is 1.04. The SMILES string of the molecule is CCCCN(O[Si](C)C)C(C)(C)C. The molecule has 0 aliphatic heterocycles. The minimum absolute atomic E-state index is 0.136. The molecule has 2 nitrogen and oxygen atoms in total. The summed E-state index contributed by atoms with van der Waals surface area (Å²) < 4.78 is 5.85. The molecule has 0 unspecified atom stereocenters. The molecule has 0 heterocycles. The molecule has 0 aromatic heterocycles. The second-order valence-corrected chi connectivity index (χ2v) is 6.63. The van der Waals surface area contributed by atoms with E-state index in [1.54, 1.807) is 0 Å². The van der Waals surface area contributed by atoms with Crippen LogP contribution in [-0.2, 0) is 4.53 Å². The van der Waals surface area contributed by atoms with Gasteiger partial charge in [0.25, 0.3) is 0 Å². The highest BCUT2D eigenvalue weighted by molar-refractivity contribution is 6.48.